The van der Waals surface area contributed by atoms with E-state index in [0.717, 1.165) is 11.3 Å². The van der Waals surface area contributed by atoms with Crippen LogP contribution in [0.15, 0.2) is 23.2 Å². The summed E-state index contributed by atoms with van der Waals surface area (Å²) in [7, 11) is 0. The van der Waals surface area contributed by atoms with Gasteiger partial charge < -0.3 is 4.74 Å². The predicted molar refractivity (Wildman–Crippen MR) is 70.8 cm³/mol. The van der Waals surface area contributed by atoms with E-state index in [1.807, 2.05) is 26.0 Å². The number of nitrogens with one attached hydrogen (secondary N) is 2. The van der Waals surface area contributed by atoms with Crippen LogP contribution >= 0.6 is 11.6 Å². The molecule has 18 heavy (non-hydrogen) atoms. The number of cyclic esters (lactones) is 1. The van der Waals surface area contributed by atoms with Gasteiger partial charge in [-0.25, -0.2) is 4.79 Å². The van der Waals surface area contributed by atoms with Crippen molar-refractivity contribution in [2.24, 2.45) is 4.99 Å². The summed E-state index contributed by atoms with van der Waals surface area (Å²) in [5.41, 5.74) is 7.34. The van der Waals surface area contributed by atoms with Gasteiger partial charge in [0.1, 0.15) is 6.61 Å². The average Bonchev–Trinajstić information content (AvgIpc) is 2.34. The molecule has 1 aliphatic rings. The molecule has 0 amide bonds. The van der Waals surface area contributed by atoms with Crippen molar-refractivity contribution in [1.29, 1.82) is 0 Å². The molecule has 2 rings (SSSR count). The van der Waals surface area contributed by atoms with Gasteiger partial charge in [0, 0.05) is 5.02 Å². The number of halogens is 1. The number of nitrogens with zero attached hydrogens (tertiary/aromatic N) is 1. The standard InChI is InChI=1S/C12H14ClN3O2/c1-7-3-4-9(5-10(7)13)15-16-11-12(17)18-6-8(2)14-11/h3-5,8,15H,6H2,1-2H3,(H,14,16)/t8-/m0/s1. The van der Waals surface area contributed by atoms with Crippen LogP contribution in [-0.4, -0.2) is 24.5 Å². The zero-order valence-electron chi connectivity index (χ0n) is 10.2. The number of ether oxygens (including phenoxy) is 1. The third-order valence-corrected chi connectivity index (χ3v) is 2.90. The topological polar surface area (TPSA) is 62.7 Å². The molecule has 0 bridgehead atoms. The molecule has 1 atom stereocenters. The zero-order valence-corrected chi connectivity index (χ0v) is 10.9. The molecule has 0 aliphatic carbocycles. The Hall–Kier alpha value is -1.75. The van der Waals surface area contributed by atoms with Crippen LogP contribution in [0.25, 0.3) is 0 Å². The molecule has 2 N–H and O–H groups in total. The number of esters is 1. The van der Waals surface area contributed by atoms with Crippen LogP contribution in [0.5, 0.6) is 0 Å². The van der Waals surface area contributed by atoms with Gasteiger partial charge in [-0.1, -0.05) is 17.7 Å². The van der Waals surface area contributed by atoms with E-state index in [1.54, 1.807) is 6.07 Å². The highest BCUT2D eigenvalue weighted by atomic mass is 35.5. The Morgan fingerprint density at radius 1 is 1.44 bits per heavy atom. The van der Waals surface area contributed by atoms with Crippen LogP contribution in [0.4, 0.5) is 5.69 Å². The highest BCUT2D eigenvalue weighted by molar-refractivity contribution is 6.36. The largest absolute Gasteiger partial charge is 0.458 e. The lowest BCUT2D eigenvalue weighted by atomic mass is 10.2. The number of amidine groups is 1. The summed E-state index contributed by atoms with van der Waals surface area (Å²) >= 11 is 6.00. The highest BCUT2D eigenvalue weighted by Crippen LogP contribution is 2.19. The highest BCUT2D eigenvalue weighted by Gasteiger charge is 2.20. The van der Waals surface area contributed by atoms with Gasteiger partial charge in [-0.05, 0) is 31.5 Å². The summed E-state index contributed by atoms with van der Waals surface area (Å²) < 4.78 is 4.94. The first-order valence-corrected chi connectivity index (χ1v) is 5.97. The molecular weight excluding hydrogens is 254 g/mol. The van der Waals surface area contributed by atoms with Crippen molar-refractivity contribution >= 4 is 29.1 Å². The summed E-state index contributed by atoms with van der Waals surface area (Å²) in [6.07, 6.45) is 0. The van der Waals surface area contributed by atoms with E-state index in [-0.39, 0.29) is 11.9 Å². The molecular formula is C12H14ClN3O2. The molecule has 1 aromatic carbocycles. The summed E-state index contributed by atoms with van der Waals surface area (Å²) in [5.74, 6) is -0.288. The van der Waals surface area contributed by atoms with Gasteiger partial charge >= 0.3 is 5.97 Å². The van der Waals surface area contributed by atoms with E-state index in [1.165, 1.54) is 0 Å². The van der Waals surface area contributed by atoms with Crippen molar-refractivity contribution in [1.82, 2.24) is 5.43 Å². The number of anilines is 1. The molecule has 0 radical (unpaired) electrons. The van der Waals surface area contributed by atoms with Crippen molar-refractivity contribution in [2.75, 3.05) is 12.0 Å². The van der Waals surface area contributed by atoms with Gasteiger partial charge in [0.15, 0.2) is 0 Å². The molecule has 0 saturated heterocycles. The minimum absolute atomic E-state index is 0.0337. The van der Waals surface area contributed by atoms with E-state index >= 15 is 0 Å². The Labute approximate surface area is 110 Å². The fourth-order valence-corrected chi connectivity index (χ4v) is 1.64. The van der Waals surface area contributed by atoms with Gasteiger partial charge in [0.05, 0.1) is 11.7 Å². The summed E-state index contributed by atoms with van der Waals surface area (Å²) in [5, 5.41) is 0.656. The third kappa shape index (κ3) is 2.92. The predicted octanol–water partition coefficient (Wildman–Crippen LogP) is 1.91. The second-order valence-electron chi connectivity index (χ2n) is 4.14. The SMILES string of the molecule is Cc1ccc(NNC2=N[C@@H](C)COC2=O)cc1Cl. The first kappa shape index (κ1) is 12.7. The lowest BCUT2D eigenvalue weighted by molar-refractivity contribution is -0.137. The van der Waals surface area contributed by atoms with Crippen molar-refractivity contribution in [3.8, 4) is 0 Å². The van der Waals surface area contributed by atoms with Crippen LogP contribution < -0.4 is 10.9 Å². The maximum atomic E-state index is 11.4. The van der Waals surface area contributed by atoms with Gasteiger partial charge in [0.2, 0.25) is 5.84 Å². The van der Waals surface area contributed by atoms with Crippen LogP contribution in [-0.2, 0) is 9.53 Å². The fourth-order valence-electron chi connectivity index (χ4n) is 1.46. The number of aliphatic imine (C=N–C) groups is 1. The van der Waals surface area contributed by atoms with Gasteiger partial charge in [-0.2, -0.15) is 0 Å². The molecule has 96 valence electrons. The second-order valence-corrected chi connectivity index (χ2v) is 4.55. The lowest BCUT2D eigenvalue weighted by Gasteiger charge is -2.18. The van der Waals surface area contributed by atoms with Gasteiger partial charge in [-0.3, -0.25) is 15.8 Å². The summed E-state index contributed by atoms with van der Waals surface area (Å²) in [6, 6.07) is 5.47. The molecule has 0 saturated carbocycles. The number of carbonyl (C=O) groups is 1. The molecule has 6 heteroatoms. The number of hydrogen-bond acceptors (Lipinski definition) is 5. The molecule has 1 aromatic rings. The number of hydrogen-bond donors (Lipinski definition) is 2. The van der Waals surface area contributed by atoms with Gasteiger partial charge in [0.25, 0.3) is 0 Å². The first-order chi connectivity index (χ1) is 8.56. The second kappa shape index (κ2) is 5.27. The van der Waals surface area contributed by atoms with Crippen LogP contribution in [0.2, 0.25) is 5.02 Å². The number of rotatable bonds is 2. The van der Waals surface area contributed by atoms with Crippen molar-refractivity contribution < 1.29 is 9.53 Å². The first-order valence-electron chi connectivity index (χ1n) is 5.59. The van der Waals surface area contributed by atoms with Crippen molar-refractivity contribution in [3.05, 3.63) is 28.8 Å². The quantitative estimate of drug-likeness (QED) is 0.635. The number of hydrazine groups is 1. The van der Waals surface area contributed by atoms with Crippen molar-refractivity contribution in [2.45, 2.75) is 19.9 Å². The average molecular weight is 268 g/mol. The van der Waals surface area contributed by atoms with Crippen molar-refractivity contribution in [3.63, 3.8) is 0 Å². The fraction of sp³-hybridized carbons (Fsp3) is 0.333. The zero-order chi connectivity index (χ0) is 13.1. The van der Waals surface area contributed by atoms with Crippen LogP contribution in [0.3, 0.4) is 0 Å². The van der Waals surface area contributed by atoms with Crippen LogP contribution in [0.1, 0.15) is 12.5 Å². The minimum Gasteiger partial charge on any atom is -0.458 e. The monoisotopic (exact) mass is 267 g/mol. The molecule has 1 aliphatic heterocycles. The molecule has 5 nitrogen and oxygen atoms in total. The Morgan fingerprint density at radius 3 is 2.94 bits per heavy atom. The Morgan fingerprint density at radius 2 is 2.22 bits per heavy atom. The number of carbonyl (C=O) groups excluding carboxylic acids is 1. The number of benzene rings is 1. The van der Waals surface area contributed by atoms with E-state index in [9.17, 15) is 4.79 Å². The van der Waals surface area contributed by atoms with E-state index in [4.69, 9.17) is 16.3 Å². The van der Waals surface area contributed by atoms with Crippen LogP contribution in [0, 0.1) is 6.92 Å². The Balaban J connectivity index is 2.02. The molecule has 0 unspecified atom stereocenters. The number of aryl methyl sites for hydroxylation is 1. The molecule has 0 aromatic heterocycles. The minimum atomic E-state index is -0.459. The Bertz CT molecular complexity index is 502. The normalized spacial score (nSPS) is 18.9. The van der Waals surface area contributed by atoms with E-state index < -0.39 is 5.97 Å². The lowest BCUT2D eigenvalue weighted by Crippen LogP contribution is -2.41. The molecule has 0 fully saturated rings. The Kier molecular flexibility index (Phi) is 3.72. The maximum Gasteiger partial charge on any atom is 0.375 e. The molecule has 0 spiro atoms. The van der Waals surface area contributed by atoms with E-state index in [2.05, 4.69) is 15.8 Å². The molecule has 1 heterocycles. The maximum absolute atomic E-state index is 11.4. The third-order valence-electron chi connectivity index (χ3n) is 2.50. The summed E-state index contributed by atoms with van der Waals surface area (Å²) in [4.78, 5) is 15.6. The van der Waals surface area contributed by atoms with Gasteiger partial charge in [-0.15, -0.1) is 0 Å². The summed E-state index contributed by atoms with van der Waals surface area (Å²) in [6.45, 7) is 4.11. The smallest absolute Gasteiger partial charge is 0.375 e. The van der Waals surface area contributed by atoms with E-state index in [0.29, 0.717) is 11.6 Å².